The molecule has 1 unspecified atom stereocenters. The second-order valence-corrected chi connectivity index (χ2v) is 5.30. The van der Waals surface area contributed by atoms with Gasteiger partial charge in [-0.2, -0.15) is 0 Å². The number of carboxylic acid groups (broad SMARTS) is 2. The maximum absolute atomic E-state index is 12.2. The quantitative estimate of drug-likeness (QED) is 0.518. The van der Waals surface area contributed by atoms with Crippen molar-refractivity contribution >= 4 is 18.3 Å². The SMILES string of the molecule is CN1CCCN(CC(=O)N2CC=CC2C(=O)O)CC1.O=CO. The maximum Gasteiger partial charge on any atom is 0.330 e. The Kier molecular flexibility index (Phi) is 7.55. The summed E-state index contributed by atoms with van der Waals surface area (Å²) >= 11 is 0. The first kappa shape index (κ1) is 18.1. The molecule has 1 saturated heterocycles. The number of carbonyl (C=O) groups is 3. The van der Waals surface area contributed by atoms with Gasteiger partial charge >= 0.3 is 5.97 Å². The van der Waals surface area contributed by atoms with Crippen molar-refractivity contribution in [2.45, 2.75) is 12.5 Å². The van der Waals surface area contributed by atoms with E-state index in [4.69, 9.17) is 15.0 Å². The zero-order valence-electron chi connectivity index (χ0n) is 12.7. The summed E-state index contributed by atoms with van der Waals surface area (Å²) in [6.07, 6.45) is 4.37. The minimum Gasteiger partial charge on any atom is -0.483 e. The number of hydrogen-bond acceptors (Lipinski definition) is 5. The van der Waals surface area contributed by atoms with E-state index in [2.05, 4.69) is 16.8 Å². The highest BCUT2D eigenvalue weighted by Crippen LogP contribution is 2.11. The van der Waals surface area contributed by atoms with E-state index in [0.29, 0.717) is 13.1 Å². The van der Waals surface area contributed by atoms with Crippen molar-refractivity contribution in [3.63, 3.8) is 0 Å². The average Bonchev–Trinajstić information content (AvgIpc) is 2.87. The van der Waals surface area contributed by atoms with E-state index in [1.807, 2.05) is 0 Å². The molecule has 0 saturated carbocycles. The van der Waals surface area contributed by atoms with Gasteiger partial charge in [-0.3, -0.25) is 14.5 Å². The van der Waals surface area contributed by atoms with Crippen LogP contribution in [-0.2, 0) is 14.4 Å². The topological polar surface area (TPSA) is 101 Å². The number of likely N-dealkylation sites (N-methyl/N-ethyl adjacent to an activating group) is 1. The highest BCUT2D eigenvalue weighted by atomic mass is 16.4. The van der Waals surface area contributed by atoms with Crippen molar-refractivity contribution in [3.8, 4) is 0 Å². The molecule has 2 rings (SSSR count). The molecule has 1 amide bonds. The summed E-state index contributed by atoms with van der Waals surface area (Å²) in [5, 5.41) is 15.9. The van der Waals surface area contributed by atoms with Gasteiger partial charge in [-0.25, -0.2) is 4.79 Å². The van der Waals surface area contributed by atoms with Gasteiger partial charge in [-0.05, 0) is 26.6 Å². The largest absolute Gasteiger partial charge is 0.483 e. The molecule has 8 nitrogen and oxygen atoms in total. The lowest BCUT2D eigenvalue weighted by atomic mass is 10.3. The second-order valence-electron chi connectivity index (χ2n) is 5.30. The Morgan fingerprint density at radius 2 is 1.95 bits per heavy atom. The molecule has 0 aliphatic carbocycles. The fraction of sp³-hybridized carbons (Fsp3) is 0.643. The fourth-order valence-electron chi connectivity index (χ4n) is 2.53. The standard InChI is InChI=1S/C13H21N3O3.CH2O2/c1-14-5-3-6-15(9-8-14)10-12(17)16-7-2-4-11(16)13(18)19;2-1-3/h2,4,11H,3,5-10H2,1H3,(H,18,19);1H,(H,2,3). The second kappa shape index (κ2) is 9.16. The first-order chi connectivity index (χ1) is 10.5. The molecule has 0 spiro atoms. The van der Waals surface area contributed by atoms with Crippen LogP contribution < -0.4 is 0 Å². The molecule has 0 aromatic heterocycles. The van der Waals surface area contributed by atoms with E-state index in [1.165, 1.54) is 4.90 Å². The Hall–Kier alpha value is -1.93. The monoisotopic (exact) mass is 313 g/mol. The Bertz CT molecular complexity index is 427. The first-order valence-corrected chi connectivity index (χ1v) is 7.17. The van der Waals surface area contributed by atoms with Crippen molar-refractivity contribution in [2.75, 3.05) is 46.3 Å². The van der Waals surface area contributed by atoms with Crippen molar-refractivity contribution < 1.29 is 24.6 Å². The summed E-state index contributed by atoms with van der Waals surface area (Å²) in [4.78, 5) is 37.4. The molecule has 124 valence electrons. The molecule has 2 N–H and O–H groups in total. The first-order valence-electron chi connectivity index (χ1n) is 7.17. The van der Waals surface area contributed by atoms with Gasteiger partial charge in [0.15, 0.2) is 0 Å². The van der Waals surface area contributed by atoms with Crippen molar-refractivity contribution in [1.82, 2.24) is 14.7 Å². The summed E-state index contributed by atoms with van der Waals surface area (Å²) < 4.78 is 0. The van der Waals surface area contributed by atoms with Crippen LogP contribution in [0.1, 0.15) is 6.42 Å². The Morgan fingerprint density at radius 1 is 1.27 bits per heavy atom. The molecular weight excluding hydrogens is 290 g/mol. The third kappa shape index (κ3) is 5.45. The minimum atomic E-state index is -0.960. The highest BCUT2D eigenvalue weighted by molar-refractivity contribution is 5.87. The van der Waals surface area contributed by atoms with Crippen molar-refractivity contribution in [3.05, 3.63) is 12.2 Å². The molecular formula is C14H23N3O5. The number of aliphatic carboxylic acids is 1. The zero-order valence-corrected chi connectivity index (χ0v) is 12.7. The van der Waals surface area contributed by atoms with E-state index in [-0.39, 0.29) is 12.4 Å². The summed E-state index contributed by atoms with van der Waals surface area (Å²) in [7, 11) is 2.08. The lowest BCUT2D eigenvalue weighted by molar-refractivity contribution is -0.147. The maximum atomic E-state index is 12.2. The zero-order chi connectivity index (χ0) is 16.5. The molecule has 0 radical (unpaired) electrons. The van der Waals surface area contributed by atoms with Gasteiger partial charge in [0.25, 0.3) is 6.47 Å². The fourth-order valence-corrected chi connectivity index (χ4v) is 2.53. The molecule has 0 aromatic rings. The summed E-state index contributed by atoms with van der Waals surface area (Å²) in [5.41, 5.74) is 0. The summed E-state index contributed by atoms with van der Waals surface area (Å²) in [5.74, 6) is -1.06. The number of rotatable bonds is 3. The lowest BCUT2D eigenvalue weighted by Crippen LogP contribution is -2.46. The smallest absolute Gasteiger partial charge is 0.330 e. The third-order valence-corrected chi connectivity index (χ3v) is 3.70. The number of amides is 1. The molecule has 0 aromatic carbocycles. The Labute approximate surface area is 129 Å². The van der Waals surface area contributed by atoms with E-state index >= 15 is 0 Å². The molecule has 2 aliphatic rings. The molecule has 22 heavy (non-hydrogen) atoms. The van der Waals surface area contributed by atoms with Crippen LogP contribution in [0.4, 0.5) is 0 Å². The molecule has 2 heterocycles. The van der Waals surface area contributed by atoms with Crippen LogP contribution in [0.25, 0.3) is 0 Å². The predicted octanol–water partition coefficient (Wildman–Crippen LogP) is -0.824. The number of carbonyl (C=O) groups excluding carboxylic acids is 1. The Balaban J connectivity index is 0.000000745. The molecule has 2 aliphatic heterocycles. The highest BCUT2D eigenvalue weighted by Gasteiger charge is 2.30. The number of nitrogens with zero attached hydrogens (tertiary/aromatic N) is 3. The van der Waals surface area contributed by atoms with E-state index in [9.17, 15) is 9.59 Å². The van der Waals surface area contributed by atoms with Gasteiger partial charge in [-0.1, -0.05) is 12.2 Å². The van der Waals surface area contributed by atoms with Crippen LogP contribution in [0, 0.1) is 0 Å². The normalized spacial score (nSPS) is 22.6. The van der Waals surface area contributed by atoms with Crippen LogP contribution in [0.3, 0.4) is 0 Å². The summed E-state index contributed by atoms with van der Waals surface area (Å²) in [6.45, 7) is 4.24. The van der Waals surface area contributed by atoms with Crippen LogP contribution >= 0.6 is 0 Å². The third-order valence-electron chi connectivity index (χ3n) is 3.70. The van der Waals surface area contributed by atoms with Gasteiger partial charge in [0.1, 0.15) is 6.04 Å². The van der Waals surface area contributed by atoms with Gasteiger partial charge in [0.2, 0.25) is 5.91 Å². The molecule has 8 heteroatoms. The molecule has 0 bridgehead atoms. The number of carboxylic acids is 1. The Morgan fingerprint density at radius 3 is 2.59 bits per heavy atom. The van der Waals surface area contributed by atoms with Gasteiger partial charge in [-0.15, -0.1) is 0 Å². The van der Waals surface area contributed by atoms with Gasteiger partial charge in [0, 0.05) is 19.6 Å². The van der Waals surface area contributed by atoms with Crippen LogP contribution in [-0.4, -0.2) is 95.6 Å². The van der Waals surface area contributed by atoms with Crippen molar-refractivity contribution in [1.29, 1.82) is 0 Å². The van der Waals surface area contributed by atoms with E-state index < -0.39 is 12.0 Å². The summed E-state index contributed by atoms with van der Waals surface area (Å²) in [6, 6.07) is -0.790. The lowest BCUT2D eigenvalue weighted by Gasteiger charge is -2.26. The minimum absolute atomic E-state index is 0.0954. The molecule has 1 atom stereocenters. The number of hydrogen-bond donors (Lipinski definition) is 2. The van der Waals surface area contributed by atoms with Gasteiger partial charge < -0.3 is 20.0 Å². The average molecular weight is 313 g/mol. The van der Waals surface area contributed by atoms with E-state index in [1.54, 1.807) is 12.2 Å². The van der Waals surface area contributed by atoms with Gasteiger partial charge in [0.05, 0.1) is 6.54 Å². The van der Waals surface area contributed by atoms with Crippen LogP contribution in [0.5, 0.6) is 0 Å². The predicted molar refractivity (Wildman–Crippen MR) is 79.5 cm³/mol. The van der Waals surface area contributed by atoms with Crippen molar-refractivity contribution in [2.24, 2.45) is 0 Å². The van der Waals surface area contributed by atoms with E-state index in [0.717, 1.165) is 32.6 Å². The molecule has 1 fully saturated rings. The van der Waals surface area contributed by atoms with Crippen LogP contribution in [0.15, 0.2) is 12.2 Å². The van der Waals surface area contributed by atoms with Crippen LogP contribution in [0.2, 0.25) is 0 Å².